The Morgan fingerprint density at radius 3 is 1.67 bits per heavy atom. The fourth-order valence-electron chi connectivity index (χ4n) is 6.01. The zero-order valence-corrected chi connectivity index (χ0v) is 26.6. The summed E-state index contributed by atoms with van der Waals surface area (Å²) in [6.07, 6.45) is 0. The first-order chi connectivity index (χ1) is 22.6. The predicted octanol–water partition coefficient (Wildman–Crippen LogP) is 9.89. The molecule has 6 aromatic carbocycles. The van der Waals surface area contributed by atoms with E-state index in [2.05, 4.69) is 78.9 Å². The second-order valence-electron chi connectivity index (χ2n) is 11.4. The molecule has 6 heteroatoms. The van der Waals surface area contributed by atoms with Gasteiger partial charge in [-0.15, -0.1) is 0 Å². The van der Waals surface area contributed by atoms with Gasteiger partial charge in [0.05, 0.1) is 5.75 Å². The van der Waals surface area contributed by atoms with Crippen molar-refractivity contribution in [2.75, 3.05) is 0 Å². The highest BCUT2D eigenvalue weighted by Gasteiger charge is 2.45. The van der Waals surface area contributed by atoms with Crippen LogP contribution in [-0.4, -0.2) is 25.1 Å². The van der Waals surface area contributed by atoms with Crippen LogP contribution in [0.4, 0.5) is 0 Å². The van der Waals surface area contributed by atoms with Gasteiger partial charge in [-0.25, -0.2) is 9.97 Å². The standard InChI is InChI=1S/C20H14O.2C10H9NO.Al/c21-20-10-4-7-15-13-16(11-12-19(15)20)18-9-3-6-14-5-1-2-8-17(14)18;2*1-7-5-6-8-3-2-4-9(12)10(8)11-7;/h1-13,21H;2*2-6,12H,1H3;/q;;;+3/p-3. The van der Waals surface area contributed by atoms with Gasteiger partial charge in [0.25, 0.3) is 0 Å². The molecule has 0 radical (unpaired) electrons. The van der Waals surface area contributed by atoms with Gasteiger partial charge in [0.1, 0.15) is 22.5 Å². The Labute approximate surface area is 272 Å². The van der Waals surface area contributed by atoms with Gasteiger partial charge < -0.3 is 11.4 Å². The molecule has 2 heterocycles. The SMILES string of the molecule is Cc1ccc2cccc([O][Al]([O]c3cccc4cc(-c5cccc6ccccc56)ccc34)[O]c3cccc4ccc(C)nc34)c2n1. The summed E-state index contributed by atoms with van der Waals surface area (Å²) >= 11 is -2.95. The number of pyridine rings is 2. The topological polar surface area (TPSA) is 53.5 Å². The van der Waals surface area contributed by atoms with Crippen molar-refractivity contribution in [3.05, 3.63) is 151 Å². The van der Waals surface area contributed by atoms with Crippen LogP contribution >= 0.6 is 0 Å². The van der Waals surface area contributed by atoms with Gasteiger partial charge in [-0.05, 0) is 77.5 Å². The van der Waals surface area contributed by atoms with Crippen LogP contribution in [0.25, 0.3) is 54.5 Å². The average molecular weight is 613 g/mol. The van der Waals surface area contributed by atoms with Crippen molar-refractivity contribution in [2.45, 2.75) is 13.8 Å². The van der Waals surface area contributed by atoms with E-state index in [4.69, 9.17) is 21.3 Å². The van der Waals surface area contributed by atoms with Crippen LogP contribution in [-0.2, 0) is 0 Å². The van der Waals surface area contributed by atoms with E-state index in [0.717, 1.165) is 49.5 Å². The van der Waals surface area contributed by atoms with Crippen LogP contribution in [0, 0.1) is 13.8 Å². The quantitative estimate of drug-likeness (QED) is 0.168. The van der Waals surface area contributed by atoms with E-state index in [-0.39, 0.29) is 0 Å². The van der Waals surface area contributed by atoms with Crippen molar-refractivity contribution >= 4 is 58.5 Å². The second kappa shape index (κ2) is 11.8. The van der Waals surface area contributed by atoms with Crippen molar-refractivity contribution in [3.8, 4) is 28.4 Å². The Kier molecular flexibility index (Phi) is 7.23. The summed E-state index contributed by atoms with van der Waals surface area (Å²) in [5.41, 5.74) is 5.72. The molecule has 0 saturated heterocycles. The molecular weight excluding hydrogens is 583 g/mol. The number of aromatic nitrogens is 2. The molecule has 5 nitrogen and oxygen atoms in total. The minimum Gasteiger partial charge on any atom is -0.577 e. The molecule has 0 aliphatic carbocycles. The van der Waals surface area contributed by atoms with E-state index >= 15 is 0 Å². The number of hydrogen-bond donors (Lipinski definition) is 0. The van der Waals surface area contributed by atoms with Crippen LogP contribution in [0.3, 0.4) is 0 Å². The lowest BCUT2D eigenvalue weighted by molar-refractivity contribution is 0.311. The summed E-state index contributed by atoms with van der Waals surface area (Å²) in [6.45, 7) is 3.95. The first-order valence-corrected chi connectivity index (χ1v) is 16.7. The fourth-order valence-corrected chi connectivity index (χ4v) is 7.36. The number of nitrogens with zero attached hydrogens (tertiary/aromatic N) is 2. The minimum atomic E-state index is -2.95. The fraction of sp³-hybridized carbons (Fsp3) is 0.0500. The lowest BCUT2D eigenvalue weighted by Crippen LogP contribution is -2.37. The smallest absolute Gasteiger partial charge is 0.577 e. The maximum atomic E-state index is 6.75. The molecule has 2 aromatic heterocycles. The second-order valence-corrected chi connectivity index (χ2v) is 12.7. The summed E-state index contributed by atoms with van der Waals surface area (Å²) in [7, 11) is 0. The van der Waals surface area contributed by atoms with E-state index < -0.39 is 15.1 Å². The van der Waals surface area contributed by atoms with E-state index in [0.29, 0.717) is 17.2 Å². The van der Waals surface area contributed by atoms with Gasteiger partial charge in [0.15, 0.2) is 0 Å². The first kappa shape index (κ1) is 28.1. The Morgan fingerprint density at radius 1 is 0.435 bits per heavy atom. The van der Waals surface area contributed by atoms with Gasteiger partial charge in [-0.2, -0.15) is 0 Å². The Bertz CT molecular complexity index is 2320. The van der Waals surface area contributed by atoms with Crippen molar-refractivity contribution in [2.24, 2.45) is 0 Å². The van der Waals surface area contributed by atoms with E-state index in [9.17, 15) is 0 Å². The average Bonchev–Trinajstić information content (AvgIpc) is 3.08. The van der Waals surface area contributed by atoms with Crippen LogP contribution in [0.5, 0.6) is 17.2 Å². The highest BCUT2D eigenvalue weighted by atomic mass is 27.3. The molecule has 0 atom stereocenters. The van der Waals surface area contributed by atoms with Crippen molar-refractivity contribution < 1.29 is 11.4 Å². The minimum absolute atomic E-state index is 0.626. The molecule has 0 spiro atoms. The van der Waals surface area contributed by atoms with Crippen molar-refractivity contribution in [3.63, 3.8) is 0 Å². The first-order valence-electron chi connectivity index (χ1n) is 15.3. The number of para-hydroxylation sites is 2. The lowest BCUT2D eigenvalue weighted by Gasteiger charge is -2.19. The van der Waals surface area contributed by atoms with Crippen LogP contribution < -0.4 is 11.4 Å². The van der Waals surface area contributed by atoms with E-state index in [1.165, 1.54) is 16.3 Å². The zero-order chi connectivity index (χ0) is 31.0. The molecule has 0 aliphatic rings. The molecule has 0 N–H and O–H groups in total. The molecular formula is C40H29AlN2O3. The number of rotatable bonds is 7. The largest absolute Gasteiger partial charge is 1.20 e. The molecule has 8 aromatic rings. The van der Waals surface area contributed by atoms with Crippen LogP contribution in [0.2, 0.25) is 0 Å². The molecule has 0 fully saturated rings. The molecule has 8 rings (SSSR count). The monoisotopic (exact) mass is 612 g/mol. The number of hydrogen-bond acceptors (Lipinski definition) is 5. The maximum absolute atomic E-state index is 6.75. The van der Waals surface area contributed by atoms with E-state index in [1.54, 1.807) is 0 Å². The Balaban J connectivity index is 1.20. The summed E-state index contributed by atoms with van der Waals surface area (Å²) < 4.78 is 20.1. The van der Waals surface area contributed by atoms with Crippen molar-refractivity contribution in [1.82, 2.24) is 9.97 Å². The summed E-state index contributed by atoms with van der Waals surface area (Å²) in [6, 6.07) is 47.5. The highest BCUT2D eigenvalue weighted by Crippen LogP contribution is 2.35. The number of benzene rings is 6. The van der Waals surface area contributed by atoms with Crippen LogP contribution in [0.15, 0.2) is 140 Å². The molecule has 0 unspecified atom stereocenters. The predicted molar refractivity (Wildman–Crippen MR) is 187 cm³/mol. The summed E-state index contributed by atoms with van der Waals surface area (Å²) in [5.74, 6) is 1.95. The third-order valence-electron chi connectivity index (χ3n) is 8.26. The Morgan fingerprint density at radius 2 is 0.978 bits per heavy atom. The number of fused-ring (bicyclic) bond motifs is 4. The number of aryl methyl sites for hydroxylation is 2. The Hall–Kier alpha value is -5.41. The molecule has 0 saturated carbocycles. The van der Waals surface area contributed by atoms with Gasteiger partial charge in [0.2, 0.25) is 0 Å². The highest BCUT2D eigenvalue weighted by molar-refractivity contribution is 6.40. The van der Waals surface area contributed by atoms with Gasteiger partial charge in [-0.3, -0.25) is 0 Å². The third kappa shape index (κ3) is 5.39. The third-order valence-corrected chi connectivity index (χ3v) is 9.59. The van der Waals surface area contributed by atoms with Gasteiger partial charge in [0, 0.05) is 27.5 Å². The lowest BCUT2D eigenvalue weighted by atomic mass is 9.96. The molecule has 46 heavy (non-hydrogen) atoms. The molecule has 0 aliphatic heterocycles. The molecule has 0 amide bonds. The van der Waals surface area contributed by atoms with Crippen LogP contribution in [0.1, 0.15) is 11.4 Å². The van der Waals surface area contributed by atoms with Crippen molar-refractivity contribution in [1.29, 1.82) is 0 Å². The van der Waals surface area contributed by atoms with Gasteiger partial charge >= 0.3 is 15.1 Å². The molecule has 220 valence electrons. The normalized spacial score (nSPS) is 11.3. The zero-order valence-electron chi connectivity index (χ0n) is 25.5. The summed E-state index contributed by atoms with van der Waals surface area (Å²) in [5, 5.41) is 6.48. The summed E-state index contributed by atoms with van der Waals surface area (Å²) in [4.78, 5) is 9.58. The van der Waals surface area contributed by atoms with Gasteiger partial charge in [-0.1, -0.05) is 103 Å². The van der Waals surface area contributed by atoms with E-state index in [1.807, 2.05) is 74.5 Å². The maximum Gasteiger partial charge on any atom is 1.20 e. The molecule has 0 bridgehead atoms.